The first-order valence-corrected chi connectivity index (χ1v) is 11.9. The molecule has 182 valence electrons. The van der Waals surface area contributed by atoms with Crippen LogP contribution < -0.4 is 10.9 Å². The SMILES string of the molecule is O=C(Nc1ccc(F)cc1)C1CCN(C(=O)c2nn(Cc3ccccc3)c(=O)c3ccccc23)CC1. The number of carbonyl (C=O) groups is 2. The molecule has 7 nitrogen and oxygen atoms in total. The van der Waals surface area contributed by atoms with E-state index in [0.29, 0.717) is 42.4 Å². The maximum absolute atomic E-state index is 13.5. The Morgan fingerprint density at radius 2 is 1.53 bits per heavy atom. The molecule has 1 aliphatic rings. The molecule has 2 amide bonds. The van der Waals surface area contributed by atoms with Crippen molar-refractivity contribution in [2.75, 3.05) is 18.4 Å². The number of halogens is 1. The summed E-state index contributed by atoms with van der Waals surface area (Å²) < 4.78 is 14.5. The number of aromatic nitrogens is 2. The highest BCUT2D eigenvalue weighted by molar-refractivity contribution is 6.05. The number of nitrogens with one attached hydrogen (secondary N) is 1. The predicted octanol–water partition coefficient (Wildman–Crippen LogP) is 4.07. The molecule has 0 unspecified atom stereocenters. The number of hydrogen-bond donors (Lipinski definition) is 1. The van der Waals surface area contributed by atoms with Crippen LogP contribution >= 0.6 is 0 Å². The fourth-order valence-corrected chi connectivity index (χ4v) is 4.53. The molecule has 1 aromatic heterocycles. The molecule has 0 spiro atoms. The topological polar surface area (TPSA) is 84.3 Å². The van der Waals surface area contributed by atoms with E-state index in [9.17, 15) is 18.8 Å². The van der Waals surface area contributed by atoms with Gasteiger partial charge in [0.15, 0.2) is 5.69 Å². The van der Waals surface area contributed by atoms with Gasteiger partial charge in [-0.1, -0.05) is 48.5 Å². The van der Waals surface area contributed by atoms with E-state index in [1.54, 1.807) is 29.2 Å². The zero-order chi connectivity index (χ0) is 25.1. The highest BCUT2D eigenvalue weighted by atomic mass is 19.1. The van der Waals surface area contributed by atoms with E-state index in [1.807, 2.05) is 30.3 Å². The number of anilines is 1. The Morgan fingerprint density at radius 1 is 0.889 bits per heavy atom. The predicted molar refractivity (Wildman–Crippen MR) is 135 cm³/mol. The number of hydrogen-bond acceptors (Lipinski definition) is 4. The number of amides is 2. The number of piperidine rings is 1. The number of rotatable bonds is 5. The van der Waals surface area contributed by atoms with E-state index < -0.39 is 0 Å². The summed E-state index contributed by atoms with van der Waals surface area (Å²) in [5.41, 5.74) is 1.43. The third kappa shape index (κ3) is 4.88. The maximum Gasteiger partial charge on any atom is 0.274 e. The third-order valence-electron chi connectivity index (χ3n) is 6.51. The van der Waals surface area contributed by atoms with Crippen molar-refractivity contribution in [3.63, 3.8) is 0 Å². The lowest BCUT2D eigenvalue weighted by Gasteiger charge is -2.31. The van der Waals surface area contributed by atoms with Gasteiger partial charge in [0.1, 0.15) is 5.82 Å². The molecule has 2 heterocycles. The minimum Gasteiger partial charge on any atom is -0.337 e. The standard InChI is InChI=1S/C28H25FN4O3/c29-21-10-12-22(13-11-21)30-26(34)20-14-16-32(17-15-20)28(36)25-23-8-4-5-9-24(23)27(35)33(31-25)18-19-6-2-1-3-7-19/h1-13,20H,14-18H2,(H,30,34). The second-order valence-electron chi connectivity index (χ2n) is 8.91. The molecular weight excluding hydrogens is 459 g/mol. The number of nitrogens with zero attached hydrogens (tertiary/aromatic N) is 3. The van der Waals surface area contributed by atoms with Crippen LogP contribution in [0.1, 0.15) is 28.9 Å². The van der Waals surface area contributed by atoms with Gasteiger partial charge in [-0.15, -0.1) is 0 Å². The molecule has 0 aliphatic carbocycles. The van der Waals surface area contributed by atoms with Crippen LogP contribution in [-0.4, -0.2) is 39.6 Å². The van der Waals surface area contributed by atoms with E-state index in [-0.39, 0.29) is 41.3 Å². The van der Waals surface area contributed by atoms with E-state index in [1.165, 1.54) is 28.9 Å². The Kier molecular flexibility index (Phi) is 6.58. The van der Waals surface area contributed by atoms with Gasteiger partial charge in [-0.25, -0.2) is 9.07 Å². The zero-order valence-corrected chi connectivity index (χ0v) is 19.6. The second kappa shape index (κ2) is 10.1. The van der Waals surface area contributed by atoms with E-state index >= 15 is 0 Å². The van der Waals surface area contributed by atoms with Crippen LogP contribution in [0.3, 0.4) is 0 Å². The molecule has 1 saturated heterocycles. The highest BCUT2D eigenvalue weighted by Crippen LogP contribution is 2.23. The van der Waals surface area contributed by atoms with Gasteiger partial charge < -0.3 is 10.2 Å². The summed E-state index contributed by atoms with van der Waals surface area (Å²) in [6.07, 6.45) is 1.00. The normalized spacial score (nSPS) is 14.1. The molecular formula is C28H25FN4O3. The zero-order valence-electron chi connectivity index (χ0n) is 19.6. The Labute approximate surface area is 207 Å². The Morgan fingerprint density at radius 3 is 2.22 bits per heavy atom. The first kappa shape index (κ1) is 23.4. The van der Waals surface area contributed by atoms with Crippen LogP contribution in [0.5, 0.6) is 0 Å². The molecule has 0 atom stereocenters. The largest absolute Gasteiger partial charge is 0.337 e. The molecule has 5 rings (SSSR count). The number of fused-ring (bicyclic) bond motifs is 1. The molecule has 3 aromatic carbocycles. The lowest BCUT2D eigenvalue weighted by atomic mass is 9.95. The van der Waals surface area contributed by atoms with Crippen LogP contribution in [-0.2, 0) is 11.3 Å². The van der Waals surface area contributed by atoms with Crippen LogP contribution in [0.4, 0.5) is 10.1 Å². The average molecular weight is 485 g/mol. The molecule has 0 saturated carbocycles. The molecule has 0 bridgehead atoms. The second-order valence-corrected chi connectivity index (χ2v) is 8.91. The molecule has 1 aliphatic heterocycles. The lowest BCUT2D eigenvalue weighted by Crippen LogP contribution is -2.42. The molecule has 1 N–H and O–H groups in total. The van der Waals surface area contributed by atoms with Gasteiger partial charge in [-0.3, -0.25) is 14.4 Å². The summed E-state index contributed by atoms with van der Waals surface area (Å²) in [5.74, 6) is -1.02. The van der Waals surface area contributed by atoms with Gasteiger partial charge >= 0.3 is 0 Å². The van der Waals surface area contributed by atoms with Crippen molar-refractivity contribution in [1.82, 2.24) is 14.7 Å². The molecule has 4 aromatic rings. The van der Waals surface area contributed by atoms with Gasteiger partial charge in [0.25, 0.3) is 11.5 Å². The Bertz CT molecular complexity index is 1460. The maximum atomic E-state index is 13.5. The van der Waals surface area contributed by atoms with Gasteiger partial charge in [-0.2, -0.15) is 5.10 Å². The van der Waals surface area contributed by atoms with Crippen LogP contribution in [0, 0.1) is 11.7 Å². The van der Waals surface area contributed by atoms with E-state index in [4.69, 9.17) is 0 Å². The average Bonchev–Trinajstić information content (AvgIpc) is 2.92. The highest BCUT2D eigenvalue weighted by Gasteiger charge is 2.30. The Hall–Kier alpha value is -4.33. The van der Waals surface area contributed by atoms with Crippen molar-refractivity contribution < 1.29 is 14.0 Å². The van der Waals surface area contributed by atoms with Crippen molar-refractivity contribution in [1.29, 1.82) is 0 Å². The minimum absolute atomic E-state index is 0.145. The van der Waals surface area contributed by atoms with Gasteiger partial charge in [0.05, 0.1) is 11.9 Å². The molecule has 36 heavy (non-hydrogen) atoms. The molecule has 1 fully saturated rings. The smallest absolute Gasteiger partial charge is 0.274 e. The van der Waals surface area contributed by atoms with Crippen molar-refractivity contribution >= 4 is 28.3 Å². The fourth-order valence-electron chi connectivity index (χ4n) is 4.53. The van der Waals surface area contributed by atoms with Crippen molar-refractivity contribution in [2.45, 2.75) is 19.4 Å². The minimum atomic E-state index is -0.365. The van der Waals surface area contributed by atoms with Gasteiger partial charge in [-0.05, 0) is 48.7 Å². The van der Waals surface area contributed by atoms with Crippen LogP contribution in [0.2, 0.25) is 0 Å². The number of benzene rings is 3. The monoisotopic (exact) mass is 484 g/mol. The fraction of sp³-hybridized carbons (Fsp3) is 0.214. The van der Waals surface area contributed by atoms with Crippen molar-refractivity contribution in [2.24, 2.45) is 5.92 Å². The van der Waals surface area contributed by atoms with Gasteiger partial charge in [0, 0.05) is 30.1 Å². The number of likely N-dealkylation sites (tertiary alicyclic amines) is 1. The first-order valence-electron chi connectivity index (χ1n) is 11.9. The van der Waals surface area contributed by atoms with Crippen molar-refractivity contribution in [3.8, 4) is 0 Å². The number of carbonyl (C=O) groups excluding carboxylic acids is 2. The summed E-state index contributed by atoms with van der Waals surface area (Å²) >= 11 is 0. The van der Waals surface area contributed by atoms with Gasteiger partial charge in [0.2, 0.25) is 5.91 Å². The summed E-state index contributed by atoms with van der Waals surface area (Å²) in [6, 6.07) is 22.2. The van der Waals surface area contributed by atoms with E-state index in [2.05, 4.69) is 10.4 Å². The van der Waals surface area contributed by atoms with Crippen LogP contribution in [0.15, 0.2) is 83.7 Å². The molecule has 0 radical (unpaired) electrons. The quantitative estimate of drug-likeness (QED) is 0.463. The summed E-state index contributed by atoms with van der Waals surface area (Å²) in [5, 5.41) is 8.27. The summed E-state index contributed by atoms with van der Waals surface area (Å²) in [7, 11) is 0. The Balaban J connectivity index is 1.34. The van der Waals surface area contributed by atoms with E-state index in [0.717, 1.165) is 5.56 Å². The lowest BCUT2D eigenvalue weighted by molar-refractivity contribution is -0.121. The summed E-state index contributed by atoms with van der Waals surface area (Å²) in [6.45, 7) is 1.05. The van der Waals surface area contributed by atoms with Crippen molar-refractivity contribution in [3.05, 3.63) is 106 Å². The third-order valence-corrected chi connectivity index (χ3v) is 6.51. The summed E-state index contributed by atoms with van der Waals surface area (Å²) in [4.78, 5) is 41.0. The first-order chi connectivity index (χ1) is 17.5. The molecule has 8 heteroatoms. The van der Waals surface area contributed by atoms with Crippen LogP contribution in [0.25, 0.3) is 10.8 Å².